The minimum atomic E-state index is -0.700. The predicted molar refractivity (Wildman–Crippen MR) is 78.5 cm³/mol. The van der Waals surface area contributed by atoms with Crippen molar-refractivity contribution in [2.24, 2.45) is 23.7 Å². The number of hydrogen-bond acceptors (Lipinski definition) is 5. The average Bonchev–Trinajstić information content (AvgIpc) is 2.71. The molecule has 1 saturated carbocycles. The molecule has 8 atom stereocenters. The number of hydrogen-bond donors (Lipinski definition) is 0. The van der Waals surface area contributed by atoms with Gasteiger partial charge in [-0.25, -0.2) is 9.78 Å². The van der Waals surface area contributed by atoms with Crippen LogP contribution in [-0.2, 0) is 24.0 Å². The van der Waals surface area contributed by atoms with Gasteiger partial charge >= 0.3 is 0 Å². The van der Waals surface area contributed by atoms with Gasteiger partial charge in [0.05, 0.1) is 0 Å². The number of fused-ring (bicyclic) bond motifs is 2. The van der Waals surface area contributed by atoms with Gasteiger partial charge in [0.2, 0.25) is 5.79 Å². The summed E-state index contributed by atoms with van der Waals surface area (Å²) in [4.78, 5) is 11.9. The lowest BCUT2D eigenvalue weighted by atomic mass is 9.58. The second kappa shape index (κ2) is 5.15. The Morgan fingerprint density at radius 1 is 1.09 bits per heavy atom. The highest BCUT2D eigenvalue weighted by Gasteiger charge is 2.69. The highest BCUT2D eigenvalue weighted by atomic mass is 17.3. The van der Waals surface area contributed by atoms with Gasteiger partial charge in [0.25, 0.3) is 0 Å². The zero-order chi connectivity index (χ0) is 15.5. The van der Waals surface area contributed by atoms with E-state index < -0.39 is 11.4 Å². The third-order valence-corrected chi connectivity index (χ3v) is 6.43. The monoisotopic (exact) mass is 312 g/mol. The molecular formula is C17H28O5. The molecule has 0 radical (unpaired) electrons. The summed E-state index contributed by atoms with van der Waals surface area (Å²) in [5.41, 5.74) is -0.472. The van der Waals surface area contributed by atoms with Crippen LogP contribution in [0.2, 0.25) is 0 Å². The molecule has 126 valence electrons. The summed E-state index contributed by atoms with van der Waals surface area (Å²) in [6.45, 7) is 9.15. The summed E-state index contributed by atoms with van der Waals surface area (Å²) in [6, 6.07) is 0. The van der Waals surface area contributed by atoms with Crippen molar-refractivity contribution in [2.75, 3.05) is 6.61 Å². The normalized spacial score (nSPS) is 57.3. The molecule has 0 N–H and O–H groups in total. The fourth-order valence-electron chi connectivity index (χ4n) is 5.23. The van der Waals surface area contributed by atoms with Crippen LogP contribution in [0.25, 0.3) is 0 Å². The van der Waals surface area contributed by atoms with Crippen LogP contribution in [0, 0.1) is 23.7 Å². The molecule has 4 saturated heterocycles. The molecule has 4 heterocycles. The van der Waals surface area contributed by atoms with Crippen molar-refractivity contribution in [1.82, 2.24) is 0 Å². The zero-order valence-electron chi connectivity index (χ0n) is 14.0. The lowest BCUT2D eigenvalue weighted by Gasteiger charge is -2.60. The first-order valence-electron chi connectivity index (χ1n) is 8.82. The fraction of sp³-hybridized carbons (Fsp3) is 1.00. The topological polar surface area (TPSA) is 46.2 Å². The highest BCUT2D eigenvalue weighted by molar-refractivity contribution is 5.09. The van der Waals surface area contributed by atoms with E-state index in [9.17, 15) is 0 Å². The van der Waals surface area contributed by atoms with E-state index in [4.69, 9.17) is 24.0 Å². The molecule has 5 heteroatoms. The Morgan fingerprint density at radius 2 is 1.91 bits per heavy atom. The van der Waals surface area contributed by atoms with Crippen LogP contribution in [0.15, 0.2) is 0 Å². The molecule has 5 nitrogen and oxygen atoms in total. The Balaban J connectivity index is 1.75. The predicted octanol–water partition coefficient (Wildman–Crippen LogP) is 3.23. The maximum absolute atomic E-state index is 6.25. The van der Waals surface area contributed by atoms with Crippen LogP contribution < -0.4 is 0 Å². The maximum atomic E-state index is 6.25. The van der Waals surface area contributed by atoms with Crippen molar-refractivity contribution in [2.45, 2.75) is 77.3 Å². The highest BCUT2D eigenvalue weighted by Crippen LogP contribution is 2.60. The smallest absolute Gasteiger partial charge is 0.201 e. The molecule has 0 aromatic heterocycles. The summed E-state index contributed by atoms with van der Waals surface area (Å²) < 4.78 is 18.3. The summed E-state index contributed by atoms with van der Waals surface area (Å²) in [7, 11) is 0. The lowest BCUT2D eigenvalue weighted by molar-refractivity contribution is -0.577. The van der Waals surface area contributed by atoms with E-state index in [0.29, 0.717) is 24.4 Å². The van der Waals surface area contributed by atoms with Crippen LogP contribution >= 0.6 is 0 Å². The Morgan fingerprint density at radius 3 is 2.68 bits per heavy atom. The van der Waals surface area contributed by atoms with Crippen molar-refractivity contribution in [1.29, 1.82) is 0 Å². The first-order valence-corrected chi connectivity index (χ1v) is 8.82. The van der Waals surface area contributed by atoms with Gasteiger partial charge in [0.1, 0.15) is 0 Å². The molecule has 4 aliphatic heterocycles. The van der Waals surface area contributed by atoms with Crippen molar-refractivity contribution in [3.05, 3.63) is 0 Å². The average molecular weight is 312 g/mol. The van der Waals surface area contributed by atoms with Gasteiger partial charge in [-0.2, -0.15) is 0 Å². The van der Waals surface area contributed by atoms with Crippen molar-refractivity contribution in [3.63, 3.8) is 0 Å². The third-order valence-electron chi connectivity index (χ3n) is 6.43. The van der Waals surface area contributed by atoms with E-state index >= 15 is 0 Å². The molecule has 0 aromatic rings. The van der Waals surface area contributed by atoms with Crippen LogP contribution in [0.3, 0.4) is 0 Å². The van der Waals surface area contributed by atoms with Gasteiger partial charge in [-0.3, -0.25) is 0 Å². The van der Waals surface area contributed by atoms with Gasteiger partial charge in [0.15, 0.2) is 18.2 Å². The standard InChI is InChI=1S/C17H28O5/c1-5-18-14-11(3)13-7-6-10(2)12-8-9-16(4)20-15(19-14)17(12,13)22-21-16/h10-15H,5-9H2,1-4H3/t10-,11-,12+,13+,14?,15-,16-,17-/m1/s1. The summed E-state index contributed by atoms with van der Waals surface area (Å²) in [6.07, 6.45) is 3.66. The summed E-state index contributed by atoms with van der Waals surface area (Å²) >= 11 is 0. The SMILES string of the molecule is CCOC1O[C@@H]2O[C@@]3(C)CC[C@H]4[C@H](C)CC[C@@H]([C@H]1C)[C@@]24OO3. The van der Waals surface area contributed by atoms with Gasteiger partial charge in [-0.15, -0.1) is 0 Å². The van der Waals surface area contributed by atoms with Crippen LogP contribution in [0.1, 0.15) is 53.4 Å². The van der Waals surface area contributed by atoms with Gasteiger partial charge in [-0.1, -0.05) is 13.8 Å². The molecule has 0 amide bonds. The second-order valence-corrected chi connectivity index (χ2v) is 7.73. The maximum Gasteiger partial charge on any atom is 0.201 e. The van der Waals surface area contributed by atoms with E-state index in [2.05, 4.69) is 13.8 Å². The number of rotatable bonds is 2. The zero-order valence-corrected chi connectivity index (χ0v) is 14.0. The lowest BCUT2D eigenvalue weighted by Crippen LogP contribution is -2.70. The van der Waals surface area contributed by atoms with Crippen molar-refractivity contribution >= 4 is 0 Å². The van der Waals surface area contributed by atoms with Gasteiger partial charge in [-0.05, 0) is 44.9 Å². The minimum Gasteiger partial charge on any atom is -0.353 e. The van der Waals surface area contributed by atoms with Crippen LogP contribution in [0.5, 0.6) is 0 Å². The molecule has 1 aliphatic carbocycles. The second-order valence-electron chi connectivity index (χ2n) is 7.73. The van der Waals surface area contributed by atoms with E-state index in [1.807, 2.05) is 13.8 Å². The van der Waals surface area contributed by atoms with Crippen molar-refractivity contribution in [3.8, 4) is 0 Å². The third kappa shape index (κ3) is 1.96. The van der Waals surface area contributed by atoms with Gasteiger partial charge < -0.3 is 14.2 Å². The van der Waals surface area contributed by atoms with E-state index in [1.165, 1.54) is 6.42 Å². The number of ether oxygens (including phenoxy) is 3. The largest absolute Gasteiger partial charge is 0.353 e. The molecule has 5 aliphatic rings. The minimum absolute atomic E-state index is 0.216. The molecule has 1 unspecified atom stereocenters. The molecule has 22 heavy (non-hydrogen) atoms. The molecule has 5 rings (SSSR count). The molecule has 2 bridgehead atoms. The molecular weight excluding hydrogens is 284 g/mol. The fourth-order valence-corrected chi connectivity index (χ4v) is 5.23. The van der Waals surface area contributed by atoms with E-state index in [-0.39, 0.29) is 18.5 Å². The Bertz CT molecular complexity index is 443. The summed E-state index contributed by atoms with van der Waals surface area (Å²) in [5, 5.41) is 0. The van der Waals surface area contributed by atoms with Gasteiger partial charge in [0, 0.05) is 24.9 Å². The molecule has 0 aromatic carbocycles. The van der Waals surface area contributed by atoms with Crippen LogP contribution in [0.4, 0.5) is 0 Å². The van der Waals surface area contributed by atoms with E-state index in [0.717, 1.165) is 19.3 Å². The Hall–Kier alpha value is -0.200. The van der Waals surface area contributed by atoms with Crippen LogP contribution in [-0.4, -0.2) is 30.6 Å². The van der Waals surface area contributed by atoms with Crippen molar-refractivity contribution < 1.29 is 24.0 Å². The first kappa shape index (κ1) is 15.3. The first-order chi connectivity index (χ1) is 10.5. The molecule has 1 spiro atoms. The quantitative estimate of drug-likeness (QED) is 0.733. The summed E-state index contributed by atoms with van der Waals surface area (Å²) in [5.74, 6) is 0.957. The Labute approximate surface area is 132 Å². The van der Waals surface area contributed by atoms with E-state index in [1.54, 1.807) is 0 Å². The molecule has 5 fully saturated rings. The Kier molecular flexibility index (Phi) is 3.59.